The summed E-state index contributed by atoms with van der Waals surface area (Å²) >= 11 is 12.1. The van der Waals surface area contributed by atoms with Crippen molar-refractivity contribution < 1.29 is 4.74 Å². The number of methoxy groups -OCH3 is 1. The van der Waals surface area contributed by atoms with E-state index in [1.165, 1.54) is 0 Å². The van der Waals surface area contributed by atoms with Crippen LogP contribution in [0.1, 0.15) is 18.9 Å². The first kappa shape index (κ1) is 14.9. The molecule has 1 N–H and O–H groups in total. The van der Waals surface area contributed by atoms with Gasteiger partial charge in [-0.2, -0.15) is 0 Å². The van der Waals surface area contributed by atoms with E-state index in [9.17, 15) is 0 Å². The number of anilines is 1. The van der Waals surface area contributed by atoms with Gasteiger partial charge in [-0.05, 0) is 29.0 Å². The van der Waals surface area contributed by atoms with Gasteiger partial charge in [-0.3, -0.25) is 0 Å². The van der Waals surface area contributed by atoms with Gasteiger partial charge in [0.05, 0.1) is 12.1 Å². The van der Waals surface area contributed by atoms with E-state index < -0.39 is 0 Å². The fraction of sp³-hybridized carbons (Fsp3) is 0.417. The van der Waals surface area contributed by atoms with Gasteiger partial charge in [0.25, 0.3) is 0 Å². The fourth-order valence-electron chi connectivity index (χ4n) is 1.84. The molecule has 8 heteroatoms. The number of aromatic nitrogens is 4. The predicted molar refractivity (Wildman–Crippen MR) is 78.4 cm³/mol. The maximum Gasteiger partial charge on any atom is 0.243 e. The highest BCUT2D eigenvalue weighted by Gasteiger charge is 2.11. The fourth-order valence-corrected chi connectivity index (χ4v) is 2.45. The number of tetrazole rings is 1. The van der Waals surface area contributed by atoms with E-state index in [2.05, 4.69) is 27.8 Å². The summed E-state index contributed by atoms with van der Waals surface area (Å²) < 4.78 is 7.00. The van der Waals surface area contributed by atoms with Crippen LogP contribution in [0, 0.1) is 0 Å². The number of aryl methyl sites for hydroxylation is 1. The summed E-state index contributed by atoms with van der Waals surface area (Å²) in [6, 6.07) is 3.44. The lowest BCUT2D eigenvalue weighted by atomic mass is 10.2. The molecule has 0 unspecified atom stereocenters. The topological polar surface area (TPSA) is 64.9 Å². The minimum Gasteiger partial charge on any atom is -0.495 e. The quantitative estimate of drug-likeness (QED) is 0.887. The molecule has 0 aliphatic heterocycles. The third kappa shape index (κ3) is 3.32. The van der Waals surface area contributed by atoms with Crippen LogP contribution in [0.15, 0.2) is 12.1 Å². The number of rotatable bonds is 6. The summed E-state index contributed by atoms with van der Waals surface area (Å²) in [6.07, 6.45) is 0.950. The highest BCUT2D eigenvalue weighted by atomic mass is 35.5. The summed E-state index contributed by atoms with van der Waals surface area (Å²) in [5, 5.41) is 15.7. The molecule has 0 amide bonds. The predicted octanol–water partition coefficient (Wildman–Crippen LogP) is 3.01. The molecule has 20 heavy (non-hydrogen) atoms. The molecule has 2 aromatic rings. The number of hydrogen-bond donors (Lipinski definition) is 1. The van der Waals surface area contributed by atoms with Crippen molar-refractivity contribution in [3.8, 4) is 5.75 Å². The van der Waals surface area contributed by atoms with Gasteiger partial charge >= 0.3 is 0 Å². The molecule has 1 heterocycles. The third-order valence-electron chi connectivity index (χ3n) is 2.69. The van der Waals surface area contributed by atoms with Crippen molar-refractivity contribution in [2.24, 2.45) is 0 Å². The maximum atomic E-state index is 6.09. The highest BCUT2D eigenvalue weighted by molar-refractivity contribution is 6.35. The first-order valence-electron chi connectivity index (χ1n) is 6.17. The Morgan fingerprint density at radius 1 is 1.35 bits per heavy atom. The Hall–Kier alpha value is -1.53. The van der Waals surface area contributed by atoms with Gasteiger partial charge < -0.3 is 10.1 Å². The number of ether oxygens (including phenoxy) is 1. The molecule has 108 valence electrons. The molecule has 0 aliphatic carbocycles. The standard InChI is InChI=1S/C12H15Cl2N5O/c1-3-4-19-12(16-17-18-19)15-7-8-5-9(13)6-10(14)11(8)20-2/h5-6H,3-4,7H2,1-2H3,(H,15,16,18). The van der Waals surface area contributed by atoms with Crippen LogP contribution >= 0.6 is 23.2 Å². The average molecular weight is 316 g/mol. The number of benzene rings is 1. The van der Waals surface area contributed by atoms with Gasteiger partial charge in [-0.15, -0.1) is 0 Å². The summed E-state index contributed by atoms with van der Waals surface area (Å²) in [7, 11) is 1.57. The summed E-state index contributed by atoms with van der Waals surface area (Å²) in [5.41, 5.74) is 0.844. The first-order valence-corrected chi connectivity index (χ1v) is 6.93. The van der Waals surface area contributed by atoms with Crippen molar-refractivity contribution in [2.75, 3.05) is 12.4 Å². The second-order valence-corrected chi connectivity index (χ2v) is 5.00. The van der Waals surface area contributed by atoms with Crippen LogP contribution in [-0.4, -0.2) is 27.3 Å². The molecule has 0 bridgehead atoms. The smallest absolute Gasteiger partial charge is 0.243 e. The number of nitrogens with one attached hydrogen (secondary N) is 1. The van der Waals surface area contributed by atoms with E-state index in [-0.39, 0.29) is 0 Å². The molecule has 0 spiro atoms. The zero-order chi connectivity index (χ0) is 14.5. The molecular formula is C12H15Cl2N5O. The normalized spacial score (nSPS) is 10.6. The lowest BCUT2D eigenvalue weighted by Gasteiger charge is -2.12. The summed E-state index contributed by atoms with van der Waals surface area (Å²) in [5.74, 6) is 1.20. The van der Waals surface area contributed by atoms with Gasteiger partial charge in [-0.1, -0.05) is 35.2 Å². The minimum atomic E-state index is 0.466. The SMILES string of the molecule is CCCn1nnnc1NCc1cc(Cl)cc(Cl)c1OC. The molecule has 0 atom stereocenters. The van der Waals surface area contributed by atoms with E-state index in [1.807, 2.05) is 0 Å². The van der Waals surface area contributed by atoms with E-state index >= 15 is 0 Å². The van der Waals surface area contributed by atoms with Crippen LogP contribution < -0.4 is 10.1 Å². The van der Waals surface area contributed by atoms with Crippen molar-refractivity contribution in [3.05, 3.63) is 27.7 Å². The lowest BCUT2D eigenvalue weighted by molar-refractivity contribution is 0.410. The summed E-state index contributed by atoms with van der Waals surface area (Å²) in [4.78, 5) is 0. The van der Waals surface area contributed by atoms with E-state index in [0.717, 1.165) is 18.5 Å². The number of hydrogen-bond acceptors (Lipinski definition) is 5. The molecule has 0 saturated carbocycles. The van der Waals surface area contributed by atoms with Crippen molar-refractivity contribution in [2.45, 2.75) is 26.4 Å². The molecule has 1 aromatic heterocycles. The van der Waals surface area contributed by atoms with Gasteiger partial charge in [0.15, 0.2) is 0 Å². The van der Waals surface area contributed by atoms with Crippen molar-refractivity contribution in [3.63, 3.8) is 0 Å². The Morgan fingerprint density at radius 3 is 2.85 bits per heavy atom. The van der Waals surface area contributed by atoms with Crippen LogP contribution in [0.2, 0.25) is 10.0 Å². The lowest BCUT2D eigenvalue weighted by Crippen LogP contribution is -2.09. The molecule has 0 fully saturated rings. The largest absolute Gasteiger partial charge is 0.495 e. The van der Waals surface area contributed by atoms with Crippen molar-refractivity contribution in [1.29, 1.82) is 0 Å². The Labute approximate surface area is 127 Å². The molecule has 0 saturated heterocycles. The van der Waals surface area contributed by atoms with Gasteiger partial charge in [-0.25, -0.2) is 4.68 Å². The number of halogens is 2. The molecule has 2 rings (SSSR count). The Morgan fingerprint density at radius 2 is 2.15 bits per heavy atom. The van der Waals surface area contributed by atoms with Crippen molar-refractivity contribution >= 4 is 29.2 Å². The zero-order valence-electron chi connectivity index (χ0n) is 11.2. The second kappa shape index (κ2) is 6.76. The monoisotopic (exact) mass is 315 g/mol. The van der Waals surface area contributed by atoms with Gasteiger partial charge in [0.2, 0.25) is 5.95 Å². The van der Waals surface area contributed by atoms with Gasteiger partial charge in [0.1, 0.15) is 5.75 Å². The van der Waals surface area contributed by atoms with Crippen molar-refractivity contribution in [1.82, 2.24) is 20.2 Å². The maximum absolute atomic E-state index is 6.09. The van der Waals surface area contributed by atoms with Crippen LogP contribution in [0.5, 0.6) is 5.75 Å². The number of nitrogens with zero attached hydrogens (tertiary/aromatic N) is 4. The van der Waals surface area contributed by atoms with Crippen LogP contribution in [0.4, 0.5) is 5.95 Å². The molecule has 6 nitrogen and oxygen atoms in total. The third-order valence-corrected chi connectivity index (χ3v) is 3.19. The molecule has 0 aliphatic rings. The first-order chi connectivity index (χ1) is 9.65. The zero-order valence-corrected chi connectivity index (χ0v) is 12.7. The van der Waals surface area contributed by atoms with E-state index in [4.69, 9.17) is 27.9 Å². The molecular weight excluding hydrogens is 301 g/mol. The van der Waals surface area contributed by atoms with Crippen LogP contribution in [-0.2, 0) is 13.1 Å². The second-order valence-electron chi connectivity index (χ2n) is 4.16. The highest BCUT2D eigenvalue weighted by Crippen LogP contribution is 2.32. The Kier molecular flexibility index (Phi) is 5.03. The summed E-state index contributed by atoms with van der Waals surface area (Å²) in [6.45, 7) is 3.28. The van der Waals surface area contributed by atoms with Crippen LogP contribution in [0.3, 0.4) is 0 Å². The minimum absolute atomic E-state index is 0.466. The Balaban J connectivity index is 2.16. The van der Waals surface area contributed by atoms with E-state index in [0.29, 0.717) is 28.3 Å². The average Bonchev–Trinajstić information content (AvgIpc) is 2.84. The molecule has 1 aromatic carbocycles. The molecule has 0 radical (unpaired) electrons. The van der Waals surface area contributed by atoms with E-state index in [1.54, 1.807) is 23.9 Å². The van der Waals surface area contributed by atoms with Gasteiger partial charge in [0, 0.05) is 23.7 Å². The Bertz CT molecular complexity index is 587. The van der Waals surface area contributed by atoms with Crippen LogP contribution in [0.25, 0.3) is 0 Å².